The zero-order valence-electron chi connectivity index (χ0n) is 18.6. The van der Waals surface area contributed by atoms with E-state index in [-0.39, 0.29) is 36.2 Å². The minimum absolute atomic E-state index is 0. The Hall–Kier alpha value is 1.07. The van der Waals surface area contributed by atoms with Crippen molar-refractivity contribution in [2.45, 2.75) is 123 Å². The Morgan fingerprint density at radius 3 is 1.48 bits per heavy atom. The van der Waals surface area contributed by atoms with Crippen molar-refractivity contribution in [2.24, 2.45) is 0 Å². The molecular weight excluding hydrogens is 374 g/mol. The molecule has 0 rings (SSSR count). The summed E-state index contributed by atoms with van der Waals surface area (Å²) in [6, 6.07) is 0. The number of hydrogen-bond acceptors (Lipinski definition) is 5. The number of rotatable bonds is 18. The zero-order chi connectivity index (χ0) is 19.7. The van der Waals surface area contributed by atoms with E-state index in [2.05, 4.69) is 11.6 Å². The molecule has 0 saturated heterocycles. The first-order chi connectivity index (χ1) is 12.3. The molecular formula is C20H42NaO5P. The Balaban J connectivity index is 0. The Labute approximate surface area is 190 Å². The molecule has 5 nitrogen and oxygen atoms in total. The number of unbranched alkanes of at least 4 members (excludes halogenated alkanes) is 13. The van der Waals surface area contributed by atoms with E-state index in [4.69, 9.17) is 9.41 Å². The molecule has 0 N–H and O–H groups in total. The van der Waals surface area contributed by atoms with Gasteiger partial charge in [0.15, 0.2) is 0 Å². The molecule has 158 valence electrons. The van der Waals surface area contributed by atoms with E-state index in [9.17, 15) is 9.46 Å². The average Bonchev–Trinajstić information content (AvgIpc) is 2.52. The molecule has 1 atom stereocenters. The van der Waals surface area contributed by atoms with Crippen molar-refractivity contribution >= 4 is 7.82 Å². The fraction of sp³-hybridized carbons (Fsp3) is 1.00. The van der Waals surface area contributed by atoms with Crippen molar-refractivity contribution in [2.75, 3.05) is 6.61 Å². The fourth-order valence-corrected chi connectivity index (χ4v) is 3.71. The van der Waals surface area contributed by atoms with Crippen LogP contribution in [0, 0.1) is 0 Å². The van der Waals surface area contributed by atoms with E-state index in [1.54, 1.807) is 20.8 Å². The predicted molar refractivity (Wildman–Crippen MR) is 106 cm³/mol. The van der Waals surface area contributed by atoms with Crippen molar-refractivity contribution in [3.8, 4) is 0 Å². The first-order valence-electron chi connectivity index (χ1n) is 10.6. The van der Waals surface area contributed by atoms with Gasteiger partial charge >= 0.3 is 29.6 Å². The van der Waals surface area contributed by atoms with Gasteiger partial charge in [-0.25, -0.2) is 4.89 Å². The number of phosphoric acid groups is 1. The smallest absolute Gasteiger partial charge is 0.754 e. The topological polar surface area (TPSA) is 67.8 Å². The van der Waals surface area contributed by atoms with Crippen molar-refractivity contribution < 1.29 is 53.1 Å². The molecule has 0 bridgehead atoms. The summed E-state index contributed by atoms with van der Waals surface area (Å²) >= 11 is 0. The van der Waals surface area contributed by atoms with Gasteiger partial charge in [0.1, 0.15) is 0 Å². The summed E-state index contributed by atoms with van der Waals surface area (Å²) in [6.07, 6.45) is 17.9. The van der Waals surface area contributed by atoms with Gasteiger partial charge < -0.3 is 9.42 Å². The van der Waals surface area contributed by atoms with Crippen LogP contribution in [0.4, 0.5) is 0 Å². The summed E-state index contributed by atoms with van der Waals surface area (Å²) < 4.78 is 20.7. The minimum atomic E-state index is -4.37. The number of phosphoric ester groups is 1. The Morgan fingerprint density at radius 1 is 0.741 bits per heavy atom. The van der Waals surface area contributed by atoms with Gasteiger partial charge in [-0.2, -0.15) is 4.67 Å². The van der Waals surface area contributed by atoms with Gasteiger partial charge in [0.2, 0.25) is 0 Å². The first-order valence-corrected chi connectivity index (χ1v) is 12.1. The maximum absolute atomic E-state index is 11.5. The van der Waals surface area contributed by atoms with Crippen LogP contribution in [0.1, 0.15) is 118 Å². The molecule has 0 aliphatic heterocycles. The maximum Gasteiger partial charge on any atom is 1.00 e. The summed E-state index contributed by atoms with van der Waals surface area (Å²) in [5.74, 6) is 0. The van der Waals surface area contributed by atoms with E-state index < -0.39 is 13.4 Å². The van der Waals surface area contributed by atoms with Crippen LogP contribution >= 0.6 is 7.82 Å². The van der Waals surface area contributed by atoms with Gasteiger partial charge in [0, 0.05) is 0 Å². The Bertz CT molecular complexity index is 361. The molecule has 0 aromatic carbocycles. The number of hydrogen-bond donors (Lipinski definition) is 0. The zero-order valence-corrected chi connectivity index (χ0v) is 21.5. The third kappa shape index (κ3) is 25.0. The van der Waals surface area contributed by atoms with Gasteiger partial charge in [-0.1, -0.05) is 90.4 Å². The minimum Gasteiger partial charge on any atom is -0.754 e. The van der Waals surface area contributed by atoms with Gasteiger partial charge in [-0.15, -0.1) is 0 Å². The molecule has 0 fully saturated rings. The second-order valence-electron chi connectivity index (χ2n) is 8.14. The van der Waals surface area contributed by atoms with Crippen LogP contribution in [0.15, 0.2) is 0 Å². The molecule has 0 aromatic rings. The van der Waals surface area contributed by atoms with E-state index in [0.717, 1.165) is 19.3 Å². The van der Waals surface area contributed by atoms with Crippen molar-refractivity contribution in [1.82, 2.24) is 0 Å². The van der Waals surface area contributed by atoms with Crippen LogP contribution < -0.4 is 34.5 Å². The summed E-state index contributed by atoms with van der Waals surface area (Å²) in [5, 5.41) is 0. The monoisotopic (exact) mass is 416 g/mol. The SMILES string of the molecule is CCCCCCCCCCCCCCCCOOP(=O)([O-])OC(C)(C)C.[Na+]. The van der Waals surface area contributed by atoms with Gasteiger partial charge in [0.25, 0.3) is 7.82 Å². The van der Waals surface area contributed by atoms with Crippen LogP contribution in [0.3, 0.4) is 0 Å². The molecule has 27 heavy (non-hydrogen) atoms. The molecule has 0 aliphatic carbocycles. The van der Waals surface area contributed by atoms with E-state index in [1.807, 2.05) is 0 Å². The second kappa shape index (κ2) is 19.1. The summed E-state index contributed by atoms with van der Waals surface area (Å²) in [5.41, 5.74) is -0.810. The normalized spacial score (nSPS) is 14.0. The van der Waals surface area contributed by atoms with Gasteiger partial charge in [-0.05, 0) is 27.2 Å². The third-order valence-corrected chi connectivity index (χ3v) is 5.17. The average molecular weight is 417 g/mol. The van der Waals surface area contributed by atoms with Crippen LogP contribution in [0.5, 0.6) is 0 Å². The quantitative estimate of drug-likeness (QED) is 0.112. The second-order valence-corrected chi connectivity index (χ2v) is 9.37. The predicted octanol–water partition coefficient (Wildman–Crippen LogP) is 3.70. The van der Waals surface area contributed by atoms with Crippen LogP contribution in [0.25, 0.3) is 0 Å². The van der Waals surface area contributed by atoms with Crippen LogP contribution in [-0.4, -0.2) is 12.2 Å². The standard InChI is InChI=1S/C20H43O5P.Na/c1-5-6-7-8-9-10-11-12-13-14-15-16-17-18-19-23-25-26(21,22)24-20(2,3)4;/h5-19H2,1-4H3,(H,21,22);/q;+1/p-1. The summed E-state index contributed by atoms with van der Waals surface area (Å²) in [6.45, 7) is 7.48. The van der Waals surface area contributed by atoms with E-state index in [0.29, 0.717) is 0 Å². The molecule has 0 spiro atoms. The molecule has 7 heteroatoms. The molecule has 0 radical (unpaired) electrons. The third-order valence-electron chi connectivity index (χ3n) is 4.11. The van der Waals surface area contributed by atoms with E-state index >= 15 is 0 Å². The molecule has 0 heterocycles. The van der Waals surface area contributed by atoms with Crippen molar-refractivity contribution in [3.05, 3.63) is 0 Å². The molecule has 0 aromatic heterocycles. The van der Waals surface area contributed by atoms with Crippen molar-refractivity contribution in [1.29, 1.82) is 0 Å². The van der Waals surface area contributed by atoms with Gasteiger partial charge in [-0.3, -0.25) is 4.57 Å². The summed E-state index contributed by atoms with van der Waals surface area (Å²) in [7, 11) is -4.37. The van der Waals surface area contributed by atoms with Crippen molar-refractivity contribution in [3.63, 3.8) is 0 Å². The summed E-state index contributed by atoms with van der Waals surface area (Å²) in [4.78, 5) is 16.2. The maximum atomic E-state index is 11.5. The molecule has 0 aliphatic rings. The molecule has 0 saturated carbocycles. The Kier molecular flexibility index (Phi) is 21.4. The van der Waals surface area contributed by atoms with Crippen LogP contribution in [0.2, 0.25) is 0 Å². The first kappa shape index (κ1) is 30.3. The largest absolute Gasteiger partial charge is 1.00 e. The fourth-order valence-electron chi connectivity index (χ4n) is 2.81. The van der Waals surface area contributed by atoms with E-state index in [1.165, 1.54) is 70.6 Å². The van der Waals surface area contributed by atoms with Gasteiger partial charge in [0.05, 0.1) is 12.2 Å². The molecule has 0 amide bonds. The molecule has 1 unspecified atom stereocenters. The Morgan fingerprint density at radius 2 is 1.11 bits per heavy atom. The van der Waals surface area contributed by atoms with Crippen LogP contribution in [-0.2, 0) is 18.7 Å².